The third kappa shape index (κ3) is 2.16. The molecule has 4 heteroatoms. The van der Waals surface area contributed by atoms with E-state index in [1.807, 2.05) is 26.1 Å². The summed E-state index contributed by atoms with van der Waals surface area (Å²) in [6.07, 6.45) is 6.00. The number of hydrogen-bond donors (Lipinski definition) is 1. The van der Waals surface area contributed by atoms with E-state index in [4.69, 9.17) is 0 Å². The number of hydrogen-bond acceptors (Lipinski definition) is 4. The summed E-state index contributed by atoms with van der Waals surface area (Å²) in [5.74, 6) is 0.888. The van der Waals surface area contributed by atoms with Crippen molar-refractivity contribution in [2.24, 2.45) is 0 Å². The fraction of sp³-hybridized carbons (Fsp3) is 0.250. The highest BCUT2D eigenvalue weighted by atomic mass is 15.0. The van der Waals surface area contributed by atoms with Crippen LogP contribution in [0.5, 0.6) is 0 Å². The second-order valence-electron chi connectivity index (χ2n) is 3.58. The standard InChI is InChI=1S/C12H14N4/c1-9-11(15-8-16-12(9)13-2)7-10-3-5-14-6-4-10/h3-6,8H,7H2,1-2H3,(H,13,15,16). The van der Waals surface area contributed by atoms with Gasteiger partial charge in [-0.1, -0.05) is 0 Å². The van der Waals surface area contributed by atoms with E-state index >= 15 is 0 Å². The highest BCUT2D eigenvalue weighted by molar-refractivity contribution is 5.45. The lowest BCUT2D eigenvalue weighted by Gasteiger charge is -2.08. The molecule has 82 valence electrons. The molecule has 0 bridgehead atoms. The van der Waals surface area contributed by atoms with Crippen molar-refractivity contribution in [1.29, 1.82) is 0 Å². The first-order valence-electron chi connectivity index (χ1n) is 5.18. The quantitative estimate of drug-likeness (QED) is 0.846. The summed E-state index contributed by atoms with van der Waals surface area (Å²) < 4.78 is 0. The summed E-state index contributed by atoms with van der Waals surface area (Å²) in [7, 11) is 1.87. The third-order valence-corrected chi connectivity index (χ3v) is 2.55. The molecule has 1 N–H and O–H groups in total. The van der Waals surface area contributed by atoms with Crippen LogP contribution in [0.4, 0.5) is 5.82 Å². The van der Waals surface area contributed by atoms with E-state index < -0.39 is 0 Å². The third-order valence-electron chi connectivity index (χ3n) is 2.55. The van der Waals surface area contributed by atoms with Gasteiger partial charge in [-0.2, -0.15) is 0 Å². The van der Waals surface area contributed by atoms with Crippen LogP contribution in [0.25, 0.3) is 0 Å². The maximum Gasteiger partial charge on any atom is 0.132 e. The van der Waals surface area contributed by atoms with Crippen molar-refractivity contribution in [3.8, 4) is 0 Å². The Labute approximate surface area is 94.8 Å². The fourth-order valence-electron chi connectivity index (χ4n) is 1.61. The minimum absolute atomic E-state index is 0.811. The van der Waals surface area contributed by atoms with Gasteiger partial charge in [-0.05, 0) is 24.6 Å². The van der Waals surface area contributed by atoms with Gasteiger partial charge in [0.2, 0.25) is 0 Å². The van der Waals surface area contributed by atoms with Crippen LogP contribution in [0.2, 0.25) is 0 Å². The summed E-state index contributed by atoms with van der Waals surface area (Å²) in [5, 5.41) is 3.06. The van der Waals surface area contributed by atoms with Crippen LogP contribution in [-0.4, -0.2) is 22.0 Å². The van der Waals surface area contributed by atoms with Crippen LogP contribution in [0.1, 0.15) is 16.8 Å². The van der Waals surface area contributed by atoms with Crippen LogP contribution in [-0.2, 0) is 6.42 Å². The van der Waals surface area contributed by atoms with E-state index in [1.54, 1.807) is 18.7 Å². The number of aromatic nitrogens is 3. The van der Waals surface area contributed by atoms with Crippen molar-refractivity contribution in [1.82, 2.24) is 15.0 Å². The van der Waals surface area contributed by atoms with Crippen molar-refractivity contribution in [3.63, 3.8) is 0 Å². The van der Waals surface area contributed by atoms with E-state index in [2.05, 4.69) is 20.3 Å². The summed E-state index contributed by atoms with van der Waals surface area (Å²) in [6, 6.07) is 4.00. The summed E-state index contributed by atoms with van der Waals surface area (Å²) in [6.45, 7) is 2.03. The highest BCUT2D eigenvalue weighted by Gasteiger charge is 2.05. The average molecular weight is 214 g/mol. The smallest absolute Gasteiger partial charge is 0.132 e. The second kappa shape index (κ2) is 4.70. The lowest BCUT2D eigenvalue weighted by atomic mass is 10.1. The molecule has 2 rings (SSSR count). The predicted molar refractivity (Wildman–Crippen MR) is 63.4 cm³/mol. The molecule has 4 nitrogen and oxygen atoms in total. The van der Waals surface area contributed by atoms with E-state index in [-0.39, 0.29) is 0 Å². The molecule has 2 aromatic heterocycles. The molecule has 0 radical (unpaired) electrons. The zero-order valence-corrected chi connectivity index (χ0v) is 9.44. The Kier molecular flexibility index (Phi) is 3.10. The highest BCUT2D eigenvalue weighted by Crippen LogP contribution is 2.15. The molecule has 0 fully saturated rings. The van der Waals surface area contributed by atoms with E-state index in [0.717, 1.165) is 23.5 Å². The van der Waals surface area contributed by atoms with E-state index in [9.17, 15) is 0 Å². The molecule has 0 aliphatic heterocycles. The molecule has 0 amide bonds. The van der Waals surface area contributed by atoms with Crippen LogP contribution >= 0.6 is 0 Å². The summed E-state index contributed by atoms with van der Waals surface area (Å²) in [4.78, 5) is 12.5. The molecule has 0 aliphatic carbocycles. The molecule has 0 aliphatic rings. The molecule has 0 saturated heterocycles. The first-order chi connectivity index (χ1) is 7.81. The molecular weight excluding hydrogens is 200 g/mol. The lowest BCUT2D eigenvalue weighted by molar-refractivity contribution is 0.993. The first kappa shape index (κ1) is 10.5. The van der Waals surface area contributed by atoms with Crippen LogP contribution < -0.4 is 5.32 Å². The van der Waals surface area contributed by atoms with Gasteiger partial charge in [0.1, 0.15) is 12.1 Å². The Morgan fingerprint density at radius 1 is 1.19 bits per heavy atom. The van der Waals surface area contributed by atoms with Crippen molar-refractivity contribution < 1.29 is 0 Å². The van der Waals surface area contributed by atoms with Gasteiger partial charge in [-0.25, -0.2) is 9.97 Å². The van der Waals surface area contributed by atoms with Gasteiger partial charge < -0.3 is 5.32 Å². The number of nitrogens with zero attached hydrogens (tertiary/aromatic N) is 3. The molecule has 0 aromatic carbocycles. The Morgan fingerprint density at radius 2 is 1.94 bits per heavy atom. The Hall–Kier alpha value is -1.97. The maximum absolute atomic E-state index is 4.31. The number of nitrogens with one attached hydrogen (secondary N) is 1. The van der Waals surface area contributed by atoms with Crippen LogP contribution in [0, 0.1) is 6.92 Å². The Bertz CT molecular complexity index is 468. The minimum Gasteiger partial charge on any atom is -0.373 e. The van der Waals surface area contributed by atoms with Crippen molar-refractivity contribution in [3.05, 3.63) is 47.7 Å². The zero-order chi connectivity index (χ0) is 11.4. The summed E-state index contributed by atoms with van der Waals surface area (Å²) in [5.41, 5.74) is 3.35. The van der Waals surface area contributed by atoms with Gasteiger partial charge in [-0.3, -0.25) is 4.98 Å². The summed E-state index contributed by atoms with van der Waals surface area (Å²) >= 11 is 0. The van der Waals surface area contributed by atoms with Gasteiger partial charge in [0.05, 0.1) is 5.69 Å². The Balaban J connectivity index is 2.28. The zero-order valence-electron chi connectivity index (χ0n) is 9.44. The fourth-order valence-corrected chi connectivity index (χ4v) is 1.61. The number of anilines is 1. The minimum atomic E-state index is 0.811. The van der Waals surface area contributed by atoms with Gasteiger partial charge >= 0.3 is 0 Å². The molecule has 0 spiro atoms. The largest absolute Gasteiger partial charge is 0.373 e. The van der Waals surface area contributed by atoms with Crippen molar-refractivity contribution in [2.45, 2.75) is 13.3 Å². The van der Waals surface area contributed by atoms with Gasteiger partial charge in [0.15, 0.2) is 0 Å². The topological polar surface area (TPSA) is 50.7 Å². The molecule has 0 unspecified atom stereocenters. The number of pyridine rings is 1. The monoisotopic (exact) mass is 214 g/mol. The molecule has 2 heterocycles. The predicted octanol–water partition coefficient (Wildman–Crippen LogP) is 1.81. The molecule has 16 heavy (non-hydrogen) atoms. The lowest BCUT2D eigenvalue weighted by Crippen LogP contribution is -2.02. The second-order valence-corrected chi connectivity index (χ2v) is 3.58. The molecule has 0 atom stereocenters. The number of rotatable bonds is 3. The molecule has 0 saturated carbocycles. The van der Waals surface area contributed by atoms with Gasteiger partial charge in [0, 0.05) is 31.4 Å². The van der Waals surface area contributed by atoms with E-state index in [0.29, 0.717) is 0 Å². The normalized spacial score (nSPS) is 10.1. The first-order valence-corrected chi connectivity index (χ1v) is 5.18. The SMILES string of the molecule is CNc1ncnc(Cc2ccncc2)c1C. The van der Waals surface area contributed by atoms with Crippen LogP contribution in [0.15, 0.2) is 30.9 Å². The Morgan fingerprint density at radius 3 is 2.62 bits per heavy atom. The maximum atomic E-state index is 4.31. The van der Waals surface area contributed by atoms with Gasteiger partial charge in [-0.15, -0.1) is 0 Å². The molecular formula is C12H14N4. The van der Waals surface area contributed by atoms with Gasteiger partial charge in [0.25, 0.3) is 0 Å². The van der Waals surface area contributed by atoms with Crippen molar-refractivity contribution in [2.75, 3.05) is 12.4 Å². The van der Waals surface area contributed by atoms with E-state index in [1.165, 1.54) is 5.56 Å². The van der Waals surface area contributed by atoms with Crippen molar-refractivity contribution >= 4 is 5.82 Å². The van der Waals surface area contributed by atoms with Crippen LogP contribution in [0.3, 0.4) is 0 Å². The average Bonchev–Trinajstić information content (AvgIpc) is 2.33. The molecule has 2 aromatic rings.